The Hall–Kier alpha value is -4.11. The molecule has 4 aliphatic rings. The van der Waals surface area contributed by atoms with Crippen molar-refractivity contribution in [3.05, 3.63) is 92.5 Å². The highest BCUT2D eigenvalue weighted by Crippen LogP contribution is 2.55. The number of hydrogen-bond acceptors (Lipinski definition) is 6. The van der Waals surface area contributed by atoms with Gasteiger partial charge in [-0.1, -0.05) is 29.8 Å². The summed E-state index contributed by atoms with van der Waals surface area (Å²) in [4.78, 5) is 66.6. The van der Waals surface area contributed by atoms with Crippen molar-refractivity contribution in [2.45, 2.75) is 25.7 Å². The van der Waals surface area contributed by atoms with E-state index >= 15 is 0 Å². The molecule has 1 aliphatic heterocycles. The molecule has 0 radical (unpaired) electrons. The molecule has 2 aromatic rings. The monoisotopic (exact) mass is 587 g/mol. The van der Waals surface area contributed by atoms with Crippen LogP contribution in [0, 0.1) is 24.7 Å². The van der Waals surface area contributed by atoms with Crippen molar-refractivity contribution < 1.29 is 34.2 Å². The molecule has 2 aromatic carbocycles. The molecule has 0 bridgehead atoms. The molecule has 1 fully saturated rings. The second-order valence-corrected chi connectivity index (χ2v) is 11.2. The van der Waals surface area contributed by atoms with Crippen LogP contribution in [0.5, 0.6) is 5.75 Å². The minimum absolute atomic E-state index is 0.0417. The fourth-order valence-electron chi connectivity index (χ4n) is 6.48. The van der Waals surface area contributed by atoms with Crippen molar-refractivity contribution in [2.24, 2.45) is 17.8 Å². The number of carbonyl (C=O) groups is 5. The number of carboxylic acid groups (broad SMARTS) is 1. The number of carbonyl (C=O) groups excluding carboxylic acids is 4. The van der Waals surface area contributed by atoms with E-state index in [0.717, 1.165) is 10.5 Å². The molecule has 3 aliphatic carbocycles. The average molecular weight is 588 g/mol. The van der Waals surface area contributed by atoms with E-state index in [4.69, 9.17) is 0 Å². The highest BCUT2D eigenvalue weighted by molar-refractivity contribution is 9.12. The molecule has 9 heteroatoms. The molecule has 0 unspecified atom stereocenters. The van der Waals surface area contributed by atoms with E-state index in [1.807, 2.05) is 6.08 Å². The number of amides is 2. The number of ketones is 2. The molecule has 0 saturated carbocycles. The summed E-state index contributed by atoms with van der Waals surface area (Å²) in [5, 5.41) is 19.5. The molecule has 1 heterocycles. The van der Waals surface area contributed by atoms with Crippen LogP contribution >= 0.6 is 15.9 Å². The van der Waals surface area contributed by atoms with Crippen molar-refractivity contribution >= 4 is 51.0 Å². The standard InChI is InChI=1S/C30H22BrNO7/c1-13-9-14(5-8-22(13)33)24-17-6-7-18-25(19(17)11-20-26(24)23(34)12-21(31)27(20)35)29(37)32(28(18)36)16-4-2-3-15(10-16)30(38)39/h2-6,8-10,12,18-19,24-25,33H,7,11H2,1H3,(H,38,39)/t18-,19+,24-,25-/m0/s1. The second kappa shape index (κ2) is 8.98. The fourth-order valence-corrected chi connectivity index (χ4v) is 6.92. The number of aromatic carboxylic acids is 1. The van der Waals surface area contributed by atoms with Crippen LogP contribution in [0.4, 0.5) is 5.69 Å². The van der Waals surface area contributed by atoms with Crippen LogP contribution < -0.4 is 4.90 Å². The van der Waals surface area contributed by atoms with E-state index in [0.29, 0.717) is 22.3 Å². The van der Waals surface area contributed by atoms with Crippen molar-refractivity contribution in [3.8, 4) is 5.75 Å². The van der Waals surface area contributed by atoms with Gasteiger partial charge in [0.25, 0.3) is 0 Å². The summed E-state index contributed by atoms with van der Waals surface area (Å²) in [6.07, 6.45) is 3.59. The Morgan fingerprint density at radius 2 is 1.79 bits per heavy atom. The lowest BCUT2D eigenvalue weighted by molar-refractivity contribution is -0.123. The van der Waals surface area contributed by atoms with E-state index in [1.165, 1.54) is 30.3 Å². The zero-order valence-electron chi connectivity index (χ0n) is 20.7. The first kappa shape index (κ1) is 25.2. The number of rotatable bonds is 3. The number of aryl methyl sites for hydroxylation is 1. The Morgan fingerprint density at radius 1 is 1.03 bits per heavy atom. The number of allylic oxidation sites excluding steroid dienone is 6. The Morgan fingerprint density at radius 3 is 2.51 bits per heavy atom. The third-order valence-electron chi connectivity index (χ3n) is 8.24. The maximum absolute atomic E-state index is 13.9. The number of fused-ring (bicyclic) bond motifs is 3. The highest BCUT2D eigenvalue weighted by Gasteiger charge is 2.56. The van der Waals surface area contributed by atoms with Crippen LogP contribution in [-0.2, 0) is 19.2 Å². The van der Waals surface area contributed by atoms with Crippen LogP contribution in [0.25, 0.3) is 0 Å². The van der Waals surface area contributed by atoms with Gasteiger partial charge in [-0.15, -0.1) is 0 Å². The van der Waals surface area contributed by atoms with Gasteiger partial charge >= 0.3 is 5.97 Å². The smallest absolute Gasteiger partial charge is 0.335 e. The molecule has 196 valence electrons. The molecule has 0 aromatic heterocycles. The number of carboxylic acids is 1. The summed E-state index contributed by atoms with van der Waals surface area (Å²) in [6.45, 7) is 1.74. The molecule has 2 N–H and O–H groups in total. The third kappa shape index (κ3) is 3.75. The number of benzene rings is 2. The maximum atomic E-state index is 13.9. The lowest BCUT2D eigenvalue weighted by Gasteiger charge is -2.42. The molecule has 1 saturated heterocycles. The number of hydrogen-bond donors (Lipinski definition) is 2. The van der Waals surface area contributed by atoms with Gasteiger partial charge < -0.3 is 10.2 Å². The van der Waals surface area contributed by atoms with Crippen molar-refractivity contribution in [3.63, 3.8) is 0 Å². The zero-order valence-corrected chi connectivity index (χ0v) is 22.3. The Kier molecular flexibility index (Phi) is 5.80. The molecular weight excluding hydrogens is 566 g/mol. The number of halogens is 1. The molecule has 0 spiro atoms. The van der Waals surface area contributed by atoms with Crippen LogP contribution in [0.3, 0.4) is 0 Å². The van der Waals surface area contributed by atoms with Gasteiger partial charge in [0.2, 0.25) is 11.8 Å². The van der Waals surface area contributed by atoms with Crippen LogP contribution in [0.1, 0.15) is 40.2 Å². The molecular formula is C30H22BrNO7. The van der Waals surface area contributed by atoms with Crippen molar-refractivity contribution in [1.82, 2.24) is 0 Å². The lowest BCUT2D eigenvalue weighted by Crippen LogP contribution is -2.39. The summed E-state index contributed by atoms with van der Waals surface area (Å²) >= 11 is 3.21. The van der Waals surface area contributed by atoms with Crippen LogP contribution in [0.2, 0.25) is 0 Å². The van der Waals surface area contributed by atoms with Crippen LogP contribution in [-0.4, -0.2) is 39.6 Å². The molecule has 39 heavy (non-hydrogen) atoms. The third-order valence-corrected chi connectivity index (χ3v) is 8.83. The second-order valence-electron chi connectivity index (χ2n) is 10.3. The number of aromatic hydroxyl groups is 1. The molecule has 4 atom stereocenters. The Balaban J connectivity index is 1.48. The fraction of sp³-hybridized carbons (Fsp3) is 0.233. The van der Waals surface area contributed by atoms with Crippen molar-refractivity contribution in [2.75, 3.05) is 4.90 Å². The number of nitrogens with zero attached hydrogens (tertiary/aromatic N) is 1. The van der Waals surface area contributed by atoms with E-state index in [-0.39, 0.29) is 45.9 Å². The summed E-state index contributed by atoms with van der Waals surface area (Å²) in [7, 11) is 0. The molecule has 2 amide bonds. The van der Waals surface area contributed by atoms with Gasteiger partial charge in [0, 0.05) is 23.1 Å². The van der Waals surface area contributed by atoms with Crippen LogP contribution in [0.15, 0.2) is 75.8 Å². The Bertz CT molecular complexity index is 1630. The topological polar surface area (TPSA) is 129 Å². The first-order chi connectivity index (χ1) is 18.6. The van der Waals surface area contributed by atoms with E-state index in [1.54, 1.807) is 25.1 Å². The SMILES string of the molecule is Cc1cc([C@H]2C3=CC[C@@H]4C(=O)N(c5cccc(C(=O)O)c5)C(=O)[C@@H]4[C@@H]3CC3=C2C(=O)C=C(Br)C3=O)ccc1O. The summed E-state index contributed by atoms with van der Waals surface area (Å²) in [5.41, 5.74) is 2.94. The quantitative estimate of drug-likeness (QED) is 0.310. The predicted molar refractivity (Wildman–Crippen MR) is 143 cm³/mol. The van der Waals surface area contributed by atoms with E-state index in [2.05, 4.69) is 15.9 Å². The normalized spacial score (nSPS) is 26.2. The zero-order chi connectivity index (χ0) is 27.7. The predicted octanol–water partition coefficient (Wildman–Crippen LogP) is 4.37. The molecule has 6 rings (SSSR count). The van der Waals surface area contributed by atoms with Gasteiger partial charge in [0.05, 0.1) is 27.6 Å². The first-order valence-corrected chi connectivity index (χ1v) is 13.3. The van der Waals surface area contributed by atoms with Gasteiger partial charge in [-0.05, 0) is 77.0 Å². The van der Waals surface area contributed by atoms with Gasteiger partial charge in [0.1, 0.15) is 5.75 Å². The number of Topliss-reactive ketones (excluding diaryl/α,β-unsaturated/α-hetero) is 1. The number of imide groups is 1. The largest absolute Gasteiger partial charge is 0.508 e. The first-order valence-electron chi connectivity index (χ1n) is 12.5. The van der Waals surface area contributed by atoms with Gasteiger partial charge in [-0.2, -0.15) is 0 Å². The number of anilines is 1. The Labute approximate surface area is 231 Å². The van der Waals surface area contributed by atoms with Gasteiger partial charge in [-0.3, -0.25) is 24.1 Å². The minimum atomic E-state index is -1.17. The average Bonchev–Trinajstić information content (AvgIpc) is 3.17. The van der Waals surface area contributed by atoms with Gasteiger partial charge in [-0.25, -0.2) is 4.79 Å². The number of phenolic OH excluding ortho intramolecular Hbond substituents is 1. The lowest BCUT2D eigenvalue weighted by atomic mass is 9.59. The summed E-state index contributed by atoms with van der Waals surface area (Å²) in [5.74, 6) is -5.11. The van der Waals surface area contributed by atoms with Gasteiger partial charge in [0.15, 0.2) is 11.6 Å². The highest BCUT2D eigenvalue weighted by atomic mass is 79.9. The van der Waals surface area contributed by atoms with E-state index < -0.39 is 41.5 Å². The summed E-state index contributed by atoms with van der Waals surface area (Å²) < 4.78 is 0.146. The van der Waals surface area contributed by atoms with Crippen molar-refractivity contribution in [1.29, 1.82) is 0 Å². The number of phenols is 1. The van der Waals surface area contributed by atoms with E-state index in [9.17, 15) is 34.2 Å². The molecule has 8 nitrogen and oxygen atoms in total. The summed E-state index contributed by atoms with van der Waals surface area (Å²) in [6, 6.07) is 10.7. The minimum Gasteiger partial charge on any atom is -0.508 e. The maximum Gasteiger partial charge on any atom is 0.335 e.